The summed E-state index contributed by atoms with van der Waals surface area (Å²) in [5.41, 5.74) is 1.06. The fourth-order valence-electron chi connectivity index (χ4n) is 2.67. The summed E-state index contributed by atoms with van der Waals surface area (Å²) in [5.74, 6) is -0.240. The number of Topliss-reactive ketones (excluding diaryl/α,β-unsaturated/α-hetero) is 1. The summed E-state index contributed by atoms with van der Waals surface area (Å²) in [6.45, 7) is 1.47. The van der Waals surface area contributed by atoms with Crippen LogP contribution in [0.3, 0.4) is 0 Å². The van der Waals surface area contributed by atoms with Crippen molar-refractivity contribution in [3.05, 3.63) is 47.5 Å². The van der Waals surface area contributed by atoms with Gasteiger partial charge >= 0.3 is 5.97 Å². The minimum Gasteiger partial charge on any atom is -0.496 e. The molecule has 0 spiro atoms. The zero-order chi connectivity index (χ0) is 22.1. The van der Waals surface area contributed by atoms with Crippen molar-refractivity contribution in [2.24, 2.45) is 0 Å². The van der Waals surface area contributed by atoms with Gasteiger partial charge < -0.3 is 24.3 Å². The predicted octanol–water partition coefficient (Wildman–Crippen LogP) is 3.49. The Morgan fingerprint density at radius 1 is 0.867 bits per heavy atom. The van der Waals surface area contributed by atoms with Crippen molar-refractivity contribution in [1.29, 1.82) is 0 Å². The summed E-state index contributed by atoms with van der Waals surface area (Å²) in [5, 5.41) is 2.74. The van der Waals surface area contributed by atoms with E-state index in [1.54, 1.807) is 24.3 Å². The summed E-state index contributed by atoms with van der Waals surface area (Å²) in [6.07, 6.45) is 1.18. The van der Waals surface area contributed by atoms with E-state index in [1.165, 1.54) is 33.5 Å². The van der Waals surface area contributed by atoms with Crippen molar-refractivity contribution < 1.29 is 33.3 Å². The molecule has 1 amide bonds. The lowest BCUT2D eigenvalue weighted by molar-refractivity contribution is -0.116. The number of carbonyl (C=O) groups excluding carboxylic acids is 3. The van der Waals surface area contributed by atoms with Crippen LogP contribution in [0.2, 0.25) is 0 Å². The van der Waals surface area contributed by atoms with E-state index < -0.39 is 12.6 Å². The van der Waals surface area contributed by atoms with Crippen LogP contribution in [0, 0.1) is 0 Å². The van der Waals surface area contributed by atoms with E-state index in [9.17, 15) is 14.4 Å². The molecule has 0 aliphatic rings. The number of esters is 1. The van der Waals surface area contributed by atoms with E-state index in [0.717, 1.165) is 6.42 Å². The number of hydrogen-bond acceptors (Lipinski definition) is 7. The molecule has 1 N–H and O–H groups in total. The number of carbonyl (C=O) groups is 3. The molecule has 8 heteroatoms. The Morgan fingerprint density at radius 2 is 1.47 bits per heavy atom. The number of ether oxygens (including phenoxy) is 4. The third-order valence-electron chi connectivity index (χ3n) is 4.23. The van der Waals surface area contributed by atoms with Crippen molar-refractivity contribution in [1.82, 2.24) is 0 Å². The molecule has 0 radical (unpaired) electrons. The highest BCUT2D eigenvalue weighted by Gasteiger charge is 2.20. The van der Waals surface area contributed by atoms with Crippen molar-refractivity contribution in [2.45, 2.75) is 19.8 Å². The van der Waals surface area contributed by atoms with Crippen LogP contribution in [0.1, 0.15) is 40.5 Å². The highest BCUT2D eigenvalue weighted by molar-refractivity contribution is 6.00. The number of methoxy groups -OCH3 is 3. The lowest BCUT2D eigenvalue weighted by atomic mass is 10.1. The molecule has 0 heterocycles. The Hall–Kier alpha value is -3.55. The number of nitrogens with one attached hydrogen (secondary N) is 1. The van der Waals surface area contributed by atoms with Crippen LogP contribution in [0.5, 0.6) is 17.2 Å². The molecular weight excluding hydrogens is 390 g/mol. The number of amides is 1. The molecule has 2 aromatic rings. The molecule has 0 bridgehead atoms. The van der Waals surface area contributed by atoms with Crippen molar-refractivity contribution in [2.75, 3.05) is 33.3 Å². The molecule has 0 unspecified atom stereocenters. The monoisotopic (exact) mass is 415 g/mol. The fraction of sp³-hybridized carbons (Fsp3) is 0.318. The molecule has 30 heavy (non-hydrogen) atoms. The van der Waals surface area contributed by atoms with Gasteiger partial charge in [0.25, 0.3) is 0 Å². The topological polar surface area (TPSA) is 100 Å². The van der Waals surface area contributed by atoms with Gasteiger partial charge in [-0.15, -0.1) is 0 Å². The maximum absolute atomic E-state index is 12.5. The highest BCUT2D eigenvalue weighted by atomic mass is 16.5. The normalized spacial score (nSPS) is 10.1. The van der Waals surface area contributed by atoms with Gasteiger partial charge in [0.15, 0.2) is 23.9 Å². The Labute approximate surface area is 175 Å². The fourth-order valence-corrected chi connectivity index (χ4v) is 2.67. The van der Waals surface area contributed by atoms with Crippen molar-refractivity contribution >= 4 is 23.3 Å². The van der Waals surface area contributed by atoms with Gasteiger partial charge in [0.05, 0.1) is 21.3 Å². The summed E-state index contributed by atoms with van der Waals surface area (Å²) in [7, 11) is 4.32. The van der Waals surface area contributed by atoms with Crippen LogP contribution >= 0.6 is 0 Å². The van der Waals surface area contributed by atoms with E-state index >= 15 is 0 Å². The average Bonchev–Trinajstić information content (AvgIpc) is 2.76. The molecule has 0 saturated carbocycles. The first kappa shape index (κ1) is 22.7. The van der Waals surface area contributed by atoms with Crippen molar-refractivity contribution in [3.8, 4) is 17.2 Å². The second-order valence-corrected chi connectivity index (χ2v) is 6.28. The van der Waals surface area contributed by atoms with Gasteiger partial charge in [-0.2, -0.15) is 0 Å². The molecular formula is C22H25NO7. The first-order valence-electron chi connectivity index (χ1n) is 9.33. The Morgan fingerprint density at radius 3 is 2.03 bits per heavy atom. The largest absolute Gasteiger partial charge is 0.496 e. The standard InChI is InChI=1S/C22H25NO7/c1-5-6-21(25)23-15-9-7-14(8-10-15)17(24)13-30-22(26)16-11-19(28-3)20(29-4)12-18(16)27-2/h7-12H,5-6,13H2,1-4H3,(H,23,25). The van der Waals surface area contributed by atoms with E-state index in [2.05, 4.69) is 5.32 Å². The number of hydrogen-bond donors (Lipinski definition) is 1. The maximum atomic E-state index is 12.5. The molecule has 0 fully saturated rings. The molecule has 2 aromatic carbocycles. The van der Waals surface area contributed by atoms with E-state index in [1.807, 2.05) is 6.92 Å². The van der Waals surface area contributed by atoms with Crippen LogP contribution in [0.4, 0.5) is 5.69 Å². The number of anilines is 1. The zero-order valence-corrected chi connectivity index (χ0v) is 17.4. The average molecular weight is 415 g/mol. The van der Waals surface area contributed by atoms with Crippen LogP contribution in [-0.4, -0.2) is 45.6 Å². The summed E-state index contributed by atoms with van der Waals surface area (Å²) < 4.78 is 20.7. The molecule has 8 nitrogen and oxygen atoms in total. The highest BCUT2D eigenvalue weighted by Crippen LogP contribution is 2.34. The molecule has 160 valence electrons. The quantitative estimate of drug-likeness (QED) is 0.468. The van der Waals surface area contributed by atoms with Crippen molar-refractivity contribution in [3.63, 3.8) is 0 Å². The van der Waals surface area contributed by atoms with Gasteiger partial charge in [0.2, 0.25) is 5.91 Å². The van der Waals surface area contributed by atoms with Gasteiger partial charge in [-0.1, -0.05) is 6.92 Å². The van der Waals surface area contributed by atoms with Gasteiger partial charge in [0.1, 0.15) is 11.3 Å². The molecule has 0 aromatic heterocycles. The van der Waals surface area contributed by atoms with Gasteiger partial charge in [-0.25, -0.2) is 4.79 Å². The van der Waals surface area contributed by atoms with E-state index in [4.69, 9.17) is 18.9 Å². The Balaban J connectivity index is 2.04. The summed E-state index contributed by atoms with van der Waals surface area (Å²) in [6, 6.07) is 9.31. The summed E-state index contributed by atoms with van der Waals surface area (Å²) >= 11 is 0. The number of benzene rings is 2. The van der Waals surface area contributed by atoms with Crippen LogP contribution < -0.4 is 19.5 Å². The molecule has 0 aliphatic carbocycles. The number of rotatable bonds is 10. The third kappa shape index (κ3) is 5.73. The van der Waals surface area contributed by atoms with E-state index in [-0.39, 0.29) is 23.0 Å². The van der Waals surface area contributed by atoms with Crippen LogP contribution in [0.15, 0.2) is 36.4 Å². The molecule has 0 saturated heterocycles. The SMILES string of the molecule is CCCC(=O)Nc1ccc(C(=O)COC(=O)c2cc(OC)c(OC)cc2OC)cc1. The third-order valence-corrected chi connectivity index (χ3v) is 4.23. The lowest BCUT2D eigenvalue weighted by Crippen LogP contribution is -2.15. The van der Waals surface area contributed by atoms with Gasteiger partial charge in [-0.05, 0) is 30.7 Å². The van der Waals surface area contributed by atoms with Gasteiger partial charge in [0, 0.05) is 29.8 Å². The molecule has 0 aliphatic heterocycles. The smallest absolute Gasteiger partial charge is 0.342 e. The zero-order valence-electron chi connectivity index (χ0n) is 17.4. The second kappa shape index (κ2) is 10.8. The molecule has 0 atom stereocenters. The van der Waals surface area contributed by atoms with Crippen LogP contribution in [0.25, 0.3) is 0 Å². The van der Waals surface area contributed by atoms with Gasteiger partial charge in [-0.3, -0.25) is 9.59 Å². The predicted molar refractivity (Wildman–Crippen MR) is 111 cm³/mol. The Bertz CT molecular complexity index is 906. The summed E-state index contributed by atoms with van der Waals surface area (Å²) in [4.78, 5) is 36.4. The maximum Gasteiger partial charge on any atom is 0.342 e. The minimum atomic E-state index is -0.732. The minimum absolute atomic E-state index is 0.0885. The first-order chi connectivity index (χ1) is 14.4. The van der Waals surface area contributed by atoms with Crippen LogP contribution in [-0.2, 0) is 9.53 Å². The first-order valence-corrected chi connectivity index (χ1v) is 9.33. The van der Waals surface area contributed by atoms with E-state index in [0.29, 0.717) is 29.2 Å². The number of ketones is 1. The Kier molecular flexibility index (Phi) is 8.22. The lowest BCUT2D eigenvalue weighted by Gasteiger charge is -2.13. The second-order valence-electron chi connectivity index (χ2n) is 6.28. The molecule has 2 rings (SSSR count).